The fourth-order valence-corrected chi connectivity index (χ4v) is 2.64. The molecule has 1 saturated carbocycles. The van der Waals surface area contributed by atoms with Crippen molar-refractivity contribution in [1.29, 1.82) is 0 Å². The minimum absolute atomic E-state index is 0.0740. The molecule has 0 spiro atoms. The number of benzene rings is 1. The highest BCUT2D eigenvalue weighted by molar-refractivity contribution is 9.10. The molecule has 0 saturated heterocycles. The van der Waals surface area contributed by atoms with Gasteiger partial charge in [0.05, 0.1) is 6.10 Å². The first kappa shape index (κ1) is 11.1. The summed E-state index contributed by atoms with van der Waals surface area (Å²) in [7, 11) is 0. The Kier molecular flexibility index (Phi) is 3.14. The lowest BCUT2D eigenvalue weighted by molar-refractivity contribution is 0.0347. The molecule has 2 nitrogen and oxygen atoms in total. The molecule has 1 fully saturated rings. The van der Waals surface area contributed by atoms with Crippen LogP contribution in [0.25, 0.3) is 0 Å². The van der Waals surface area contributed by atoms with E-state index in [9.17, 15) is 5.11 Å². The van der Waals surface area contributed by atoms with Crippen LogP contribution in [0, 0.1) is 0 Å². The molecule has 3 N–H and O–H groups in total. The van der Waals surface area contributed by atoms with E-state index < -0.39 is 6.10 Å². The smallest absolute Gasteiger partial charge is 0.0758 e. The fourth-order valence-electron chi connectivity index (χ4n) is 2.38. The van der Waals surface area contributed by atoms with Crippen LogP contribution in [0.3, 0.4) is 0 Å². The third kappa shape index (κ3) is 1.84. The lowest BCUT2D eigenvalue weighted by Gasteiger charge is -2.45. The van der Waals surface area contributed by atoms with Gasteiger partial charge < -0.3 is 10.8 Å². The van der Waals surface area contributed by atoms with E-state index in [1.54, 1.807) is 0 Å². The molecule has 2 rings (SSSR count). The number of aliphatic hydroxyl groups is 1. The van der Waals surface area contributed by atoms with Crippen LogP contribution in [0.1, 0.15) is 24.8 Å². The van der Waals surface area contributed by atoms with E-state index in [1.807, 2.05) is 12.1 Å². The van der Waals surface area contributed by atoms with Crippen molar-refractivity contribution < 1.29 is 5.11 Å². The maximum atomic E-state index is 10.0. The Morgan fingerprint density at radius 3 is 2.33 bits per heavy atom. The van der Waals surface area contributed by atoms with Crippen LogP contribution in [-0.2, 0) is 5.41 Å². The standard InChI is InChI=1S/C12H16BrNO/c13-10-4-2-9(3-5-10)12(6-1-7-12)11(15)8-14/h2-5,11,15H,1,6-8,14H2. The van der Waals surface area contributed by atoms with Gasteiger partial charge in [-0.25, -0.2) is 0 Å². The summed E-state index contributed by atoms with van der Waals surface area (Å²) in [5.41, 5.74) is 6.72. The van der Waals surface area contributed by atoms with Crippen LogP contribution >= 0.6 is 15.9 Å². The number of halogens is 1. The molecule has 1 unspecified atom stereocenters. The van der Waals surface area contributed by atoms with Crippen LogP contribution in [0.5, 0.6) is 0 Å². The van der Waals surface area contributed by atoms with Crippen LogP contribution in [-0.4, -0.2) is 17.8 Å². The van der Waals surface area contributed by atoms with E-state index in [0.29, 0.717) is 6.54 Å². The minimum atomic E-state index is -0.410. The van der Waals surface area contributed by atoms with Crippen molar-refractivity contribution in [3.8, 4) is 0 Å². The van der Waals surface area contributed by atoms with E-state index in [0.717, 1.165) is 17.3 Å². The molecule has 0 heterocycles. The molecule has 1 atom stereocenters. The Balaban J connectivity index is 2.30. The molecule has 0 aromatic heterocycles. The molecule has 3 heteroatoms. The molecular weight excluding hydrogens is 254 g/mol. The summed E-state index contributed by atoms with van der Waals surface area (Å²) in [4.78, 5) is 0. The van der Waals surface area contributed by atoms with Crippen LogP contribution in [0.15, 0.2) is 28.7 Å². The molecule has 15 heavy (non-hydrogen) atoms. The zero-order valence-corrected chi connectivity index (χ0v) is 10.2. The zero-order chi connectivity index (χ0) is 10.9. The van der Waals surface area contributed by atoms with E-state index in [2.05, 4.69) is 28.1 Å². The quantitative estimate of drug-likeness (QED) is 0.884. The average molecular weight is 270 g/mol. The van der Waals surface area contributed by atoms with Crippen molar-refractivity contribution in [3.63, 3.8) is 0 Å². The molecule has 1 aliphatic carbocycles. The second kappa shape index (κ2) is 4.24. The van der Waals surface area contributed by atoms with Gasteiger partial charge in [-0.3, -0.25) is 0 Å². The van der Waals surface area contributed by atoms with Crippen molar-refractivity contribution in [2.24, 2.45) is 5.73 Å². The predicted octanol–water partition coefficient (Wildman–Crippen LogP) is 2.19. The van der Waals surface area contributed by atoms with E-state index in [4.69, 9.17) is 5.73 Å². The van der Waals surface area contributed by atoms with Crippen LogP contribution in [0.2, 0.25) is 0 Å². The maximum absolute atomic E-state index is 10.0. The van der Waals surface area contributed by atoms with Gasteiger partial charge in [0.15, 0.2) is 0 Å². The monoisotopic (exact) mass is 269 g/mol. The van der Waals surface area contributed by atoms with Gasteiger partial charge in [-0.2, -0.15) is 0 Å². The van der Waals surface area contributed by atoms with E-state index in [-0.39, 0.29) is 5.41 Å². The summed E-state index contributed by atoms with van der Waals surface area (Å²) < 4.78 is 1.07. The number of aliphatic hydroxyl groups excluding tert-OH is 1. The van der Waals surface area contributed by atoms with Crippen molar-refractivity contribution in [3.05, 3.63) is 34.3 Å². The van der Waals surface area contributed by atoms with Gasteiger partial charge in [0.25, 0.3) is 0 Å². The molecule has 0 amide bonds. The second-order valence-corrected chi connectivity index (χ2v) is 5.18. The lowest BCUT2D eigenvalue weighted by Crippen LogP contribution is -2.48. The molecule has 0 bridgehead atoms. The Morgan fingerprint density at radius 2 is 1.93 bits per heavy atom. The third-order valence-electron chi connectivity index (χ3n) is 3.53. The first-order valence-electron chi connectivity index (χ1n) is 5.33. The minimum Gasteiger partial charge on any atom is -0.391 e. The Bertz CT molecular complexity index is 332. The molecular formula is C12H16BrNO. The molecule has 1 aromatic carbocycles. The van der Waals surface area contributed by atoms with Gasteiger partial charge in [0, 0.05) is 16.4 Å². The number of rotatable bonds is 3. The van der Waals surface area contributed by atoms with Gasteiger partial charge in [-0.15, -0.1) is 0 Å². The van der Waals surface area contributed by atoms with Gasteiger partial charge in [-0.1, -0.05) is 34.5 Å². The summed E-state index contributed by atoms with van der Waals surface area (Å²) in [5.74, 6) is 0. The molecule has 0 aliphatic heterocycles. The summed E-state index contributed by atoms with van der Waals surface area (Å²) >= 11 is 3.42. The second-order valence-electron chi connectivity index (χ2n) is 4.27. The topological polar surface area (TPSA) is 46.2 Å². The molecule has 1 aliphatic rings. The molecule has 82 valence electrons. The summed E-state index contributed by atoms with van der Waals surface area (Å²) in [6.07, 6.45) is 2.88. The highest BCUT2D eigenvalue weighted by atomic mass is 79.9. The fraction of sp³-hybridized carbons (Fsp3) is 0.500. The van der Waals surface area contributed by atoms with E-state index in [1.165, 1.54) is 12.0 Å². The van der Waals surface area contributed by atoms with Gasteiger partial charge in [0.1, 0.15) is 0 Å². The van der Waals surface area contributed by atoms with Gasteiger partial charge >= 0.3 is 0 Å². The average Bonchev–Trinajstić information content (AvgIpc) is 2.19. The predicted molar refractivity (Wildman–Crippen MR) is 64.7 cm³/mol. The first-order valence-corrected chi connectivity index (χ1v) is 6.12. The van der Waals surface area contributed by atoms with Crippen LogP contribution in [0.4, 0.5) is 0 Å². The Labute approximate surface area is 98.6 Å². The zero-order valence-electron chi connectivity index (χ0n) is 8.62. The highest BCUT2D eigenvalue weighted by Gasteiger charge is 2.44. The highest BCUT2D eigenvalue weighted by Crippen LogP contribution is 2.46. The van der Waals surface area contributed by atoms with E-state index >= 15 is 0 Å². The summed E-state index contributed by atoms with van der Waals surface area (Å²) in [6.45, 7) is 0.343. The number of hydrogen-bond donors (Lipinski definition) is 2. The number of hydrogen-bond acceptors (Lipinski definition) is 2. The van der Waals surface area contributed by atoms with Crippen molar-refractivity contribution in [2.45, 2.75) is 30.8 Å². The number of nitrogens with two attached hydrogens (primary N) is 1. The summed E-state index contributed by atoms with van der Waals surface area (Å²) in [6, 6.07) is 8.22. The van der Waals surface area contributed by atoms with Crippen molar-refractivity contribution >= 4 is 15.9 Å². The molecule has 0 radical (unpaired) electrons. The SMILES string of the molecule is NCC(O)C1(c2ccc(Br)cc2)CCC1. The maximum Gasteiger partial charge on any atom is 0.0758 e. The third-order valence-corrected chi connectivity index (χ3v) is 4.05. The normalized spacial score (nSPS) is 20.7. The first-order chi connectivity index (χ1) is 7.19. The Hall–Kier alpha value is -0.380. The summed E-state index contributed by atoms with van der Waals surface area (Å²) in [5, 5.41) is 10.0. The Morgan fingerprint density at radius 1 is 1.33 bits per heavy atom. The van der Waals surface area contributed by atoms with Crippen LogP contribution < -0.4 is 5.73 Å². The van der Waals surface area contributed by atoms with Gasteiger partial charge in [-0.05, 0) is 30.5 Å². The van der Waals surface area contributed by atoms with Crippen molar-refractivity contribution in [1.82, 2.24) is 0 Å². The molecule has 1 aromatic rings. The lowest BCUT2D eigenvalue weighted by atomic mass is 9.61. The largest absolute Gasteiger partial charge is 0.391 e. The van der Waals surface area contributed by atoms with Crippen molar-refractivity contribution in [2.75, 3.05) is 6.54 Å². The van der Waals surface area contributed by atoms with Gasteiger partial charge in [0.2, 0.25) is 0 Å².